The number of anilines is 2. The van der Waals surface area contributed by atoms with Crippen molar-refractivity contribution in [1.29, 1.82) is 0 Å². The van der Waals surface area contributed by atoms with Crippen LogP contribution in [0.1, 0.15) is 0 Å². The number of hydrogen-bond acceptors (Lipinski definition) is 2. The highest BCUT2D eigenvalue weighted by Crippen LogP contribution is 2.25. The third-order valence-electron chi connectivity index (χ3n) is 2.00. The summed E-state index contributed by atoms with van der Waals surface area (Å²) in [6.45, 7) is 0. The average Bonchev–Trinajstić information content (AvgIpc) is 2.12. The molecule has 0 aliphatic rings. The van der Waals surface area contributed by atoms with Crippen LogP contribution >= 0.6 is 17.0 Å². The molecule has 0 atom stereocenters. The van der Waals surface area contributed by atoms with Crippen molar-refractivity contribution in [3.05, 3.63) is 36.4 Å². The molecule has 0 fully saturated rings. The van der Waals surface area contributed by atoms with E-state index in [4.69, 9.17) is 11.5 Å². The number of halogens is 1. The zero-order valence-corrected chi connectivity index (χ0v) is 8.74. The predicted octanol–water partition coefficient (Wildman–Crippen LogP) is 2.58. The lowest BCUT2D eigenvalue weighted by Crippen LogP contribution is -1.94. The Morgan fingerprint density at radius 2 is 1.54 bits per heavy atom. The number of nitrogens with two attached hydrogens (primary N) is 2. The molecule has 0 aliphatic heterocycles. The zero-order valence-electron chi connectivity index (χ0n) is 7.03. The summed E-state index contributed by atoms with van der Waals surface area (Å²) in [4.78, 5) is 0. The Labute approximate surface area is 87.3 Å². The maximum absolute atomic E-state index is 5.79. The summed E-state index contributed by atoms with van der Waals surface area (Å²) >= 11 is 0. The SMILES string of the molecule is Br.Nc1ccc2ccccc2c1N. The summed E-state index contributed by atoms with van der Waals surface area (Å²) in [5, 5.41) is 2.15. The van der Waals surface area contributed by atoms with Gasteiger partial charge in [-0.15, -0.1) is 17.0 Å². The first-order valence-electron chi connectivity index (χ1n) is 3.82. The minimum atomic E-state index is 0. The summed E-state index contributed by atoms with van der Waals surface area (Å²) < 4.78 is 0. The van der Waals surface area contributed by atoms with Crippen molar-refractivity contribution in [2.24, 2.45) is 0 Å². The van der Waals surface area contributed by atoms with Crippen LogP contribution in [0, 0.1) is 0 Å². The van der Waals surface area contributed by atoms with E-state index in [1.54, 1.807) is 0 Å². The first-order valence-corrected chi connectivity index (χ1v) is 3.82. The van der Waals surface area contributed by atoms with Crippen molar-refractivity contribution in [3.8, 4) is 0 Å². The molecule has 0 saturated carbocycles. The molecule has 3 heteroatoms. The normalized spacial score (nSPS) is 9.54. The largest absolute Gasteiger partial charge is 0.397 e. The van der Waals surface area contributed by atoms with Gasteiger partial charge in [-0.05, 0) is 11.5 Å². The molecule has 0 aliphatic carbocycles. The lowest BCUT2D eigenvalue weighted by molar-refractivity contribution is 1.71. The molecule has 0 unspecified atom stereocenters. The Hall–Kier alpha value is -1.22. The second kappa shape index (κ2) is 3.66. The highest BCUT2D eigenvalue weighted by atomic mass is 79.9. The van der Waals surface area contributed by atoms with Gasteiger partial charge in [0.15, 0.2) is 0 Å². The van der Waals surface area contributed by atoms with Crippen molar-refractivity contribution in [2.75, 3.05) is 11.5 Å². The first kappa shape index (κ1) is 9.86. The molecular formula is C10H11BrN2. The zero-order chi connectivity index (χ0) is 8.55. The van der Waals surface area contributed by atoms with Crippen molar-refractivity contribution >= 4 is 39.1 Å². The van der Waals surface area contributed by atoms with E-state index in [2.05, 4.69) is 0 Å². The smallest absolute Gasteiger partial charge is 0.0627 e. The van der Waals surface area contributed by atoms with Gasteiger partial charge in [-0.3, -0.25) is 0 Å². The van der Waals surface area contributed by atoms with Crippen LogP contribution in [0.25, 0.3) is 10.8 Å². The van der Waals surface area contributed by atoms with E-state index >= 15 is 0 Å². The highest BCUT2D eigenvalue weighted by Gasteiger charge is 1.98. The molecule has 2 aromatic rings. The van der Waals surface area contributed by atoms with Crippen molar-refractivity contribution in [2.45, 2.75) is 0 Å². The number of nitrogen functional groups attached to an aromatic ring is 2. The molecule has 13 heavy (non-hydrogen) atoms. The minimum Gasteiger partial charge on any atom is -0.397 e. The summed E-state index contributed by atoms with van der Waals surface area (Å²) in [7, 11) is 0. The fourth-order valence-corrected chi connectivity index (χ4v) is 1.31. The van der Waals surface area contributed by atoms with Gasteiger partial charge in [-0.1, -0.05) is 30.3 Å². The van der Waals surface area contributed by atoms with Gasteiger partial charge >= 0.3 is 0 Å². The minimum absolute atomic E-state index is 0. The number of benzene rings is 2. The van der Waals surface area contributed by atoms with Gasteiger partial charge in [0.2, 0.25) is 0 Å². The fraction of sp³-hybridized carbons (Fsp3) is 0. The molecule has 68 valence electrons. The summed E-state index contributed by atoms with van der Waals surface area (Å²) in [6, 6.07) is 11.7. The lowest BCUT2D eigenvalue weighted by atomic mass is 10.1. The number of hydrogen-bond donors (Lipinski definition) is 2. The maximum atomic E-state index is 5.79. The fourth-order valence-electron chi connectivity index (χ4n) is 1.31. The third-order valence-corrected chi connectivity index (χ3v) is 2.00. The monoisotopic (exact) mass is 238 g/mol. The van der Waals surface area contributed by atoms with Crippen LogP contribution in [-0.2, 0) is 0 Å². The van der Waals surface area contributed by atoms with Crippen LogP contribution in [0.3, 0.4) is 0 Å². The number of rotatable bonds is 0. The molecule has 0 amide bonds. The molecule has 4 N–H and O–H groups in total. The molecule has 0 aromatic heterocycles. The van der Waals surface area contributed by atoms with E-state index in [-0.39, 0.29) is 17.0 Å². The van der Waals surface area contributed by atoms with Gasteiger partial charge in [0, 0.05) is 5.39 Å². The highest BCUT2D eigenvalue weighted by molar-refractivity contribution is 8.93. The Balaban J connectivity index is 0.000000845. The first-order chi connectivity index (χ1) is 5.79. The standard InChI is InChI=1S/C10H10N2.BrH/c11-9-6-5-7-3-1-2-4-8(7)10(9)12;/h1-6H,11-12H2;1H. The van der Waals surface area contributed by atoms with Gasteiger partial charge in [0.25, 0.3) is 0 Å². The second-order valence-corrected chi connectivity index (χ2v) is 2.79. The molecule has 2 aromatic carbocycles. The Kier molecular flexibility index (Phi) is 2.78. The molecule has 0 spiro atoms. The molecular weight excluding hydrogens is 228 g/mol. The van der Waals surface area contributed by atoms with Crippen LogP contribution in [0.5, 0.6) is 0 Å². The van der Waals surface area contributed by atoms with Gasteiger partial charge in [-0.25, -0.2) is 0 Å². The van der Waals surface area contributed by atoms with Gasteiger partial charge < -0.3 is 11.5 Å². The van der Waals surface area contributed by atoms with Crippen LogP contribution in [-0.4, -0.2) is 0 Å². The third kappa shape index (κ3) is 1.60. The van der Waals surface area contributed by atoms with Crippen LogP contribution in [0.15, 0.2) is 36.4 Å². The van der Waals surface area contributed by atoms with Crippen molar-refractivity contribution in [3.63, 3.8) is 0 Å². The maximum Gasteiger partial charge on any atom is 0.0627 e. The van der Waals surface area contributed by atoms with Crippen LogP contribution in [0.2, 0.25) is 0 Å². The lowest BCUT2D eigenvalue weighted by Gasteiger charge is -2.03. The Morgan fingerprint density at radius 3 is 2.31 bits per heavy atom. The Bertz CT molecular complexity index is 426. The second-order valence-electron chi connectivity index (χ2n) is 2.79. The van der Waals surface area contributed by atoms with Gasteiger partial charge in [0.1, 0.15) is 0 Å². The average molecular weight is 239 g/mol. The predicted molar refractivity (Wildman–Crippen MR) is 63.1 cm³/mol. The van der Waals surface area contributed by atoms with E-state index in [1.165, 1.54) is 0 Å². The van der Waals surface area contributed by atoms with E-state index < -0.39 is 0 Å². The quantitative estimate of drug-likeness (QED) is 0.694. The Morgan fingerprint density at radius 1 is 0.846 bits per heavy atom. The van der Waals surface area contributed by atoms with E-state index in [0.717, 1.165) is 10.8 Å². The van der Waals surface area contributed by atoms with E-state index in [1.807, 2.05) is 36.4 Å². The van der Waals surface area contributed by atoms with E-state index in [9.17, 15) is 0 Å². The number of fused-ring (bicyclic) bond motifs is 1. The van der Waals surface area contributed by atoms with Crippen LogP contribution in [0.4, 0.5) is 11.4 Å². The van der Waals surface area contributed by atoms with Crippen molar-refractivity contribution in [1.82, 2.24) is 0 Å². The summed E-state index contributed by atoms with van der Waals surface area (Å²) in [6.07, 6.45) is 0. The van der Waals surface area contributed by atoms with E-state index in [0.29, 0.717) is 11.4 Å². The summed E-state index contributed by atoms with van der Waals surface area (Å²) in [5.74, 6) is 0. The molecule has 2 nitrogen and oxygen atoms in total. The van der Waals surface area contributed by atoms with Gasteiger partial charge in [0.05, 0.1) is 11.4 Å². The molecule has 0 bridgehead atoms. The summed E-state index contributed by atoms with van der Waals surface area (Å²) in [5.41, 5.74) is 12.8. The van der Waals surface area contributed by atoms with Gasteiger partial charge in [-0.2, -0.15) is 0 Å². The molecule has 0 saturated heterocycles. The topological polar surface area (TPSA) is 52.0 Å². The molecule has 2 rings (SSSR count). The molecule has 0 radical (unpaired) electrons. The van der Waals surface area contributed by atoms with Crippen molar-refractivity contribution < 1.29 is 0 Å². The molecule has 0 heterocycles. The van der Waals surface area contributed by atoms with Crippen LogP contribution < -0.4 is 11.5 Å².